The summed E-state index contributed by atoms with van der Waals surface area (Å²) < 4.78 is 5.68. The van der Waals surface area contributed by atoms with Crippen LogP contribution in [0.5, 0.6) is 5.75 Å². The maximum atomic E-state index is 11.9. The molecule has 0 radical (unpaired) electrons. The Labute approximate surface area is 160 Å². The van der Waals surface area contributed by atoms with Gasteiger partial charge in [-0.2, -0.15) is 0 Å². The van der Waals surface area contributed by atoms with Gasteiger partial charge in [-0.05, 0) is 60.5 Å². The van der Waals surface area contributed by atoms with Gasteiger partial charge in [0.15, 0.2) is 5.11 Å². The predicted octanol–water partition coefficient (Wildman–Crippen LogP) is 4.64. The molecule has 2 aromatic carbocycles. The molecule has 0 unspecified atom stereocenters. The van der Waals surface area contributed by atoms with Gasteiger partial charge in [-0.1, -0.05) is 44.2 Å². The number of thiocarbonyl (C=S) groups is 1. The second-order valence-electron chi connectivity index (χ2n) is 6.24. The molecule has 0 saturated heterocycles. The fraction of sp³-hybridized carbons (Fsp3) is 0.238. The standard InChI is InChI=1S/C21H24N2O2S/c1-16(2)14-15-25-19-11-9-18(10-12-19)22-21(26)23-20(24)13-8-17-6-4-3-5-7-17/h3-13,16H,14-15H2,1-2H3,(H2,22,23,24,26)/b13-8+. The van der Waals surface area contributed by atoms with Gasteiger partial charge in [-0.3, -0.25) is 10.1 Å². The molecule has 0 atom stereocenters. The van der Waals surface area contributed by atoms with E-state index < -0.39 is 0 Å². The lowest BCUT2D eigenvalue weighted by Crippen LogP contribution is -2.32. The first-order valence-electron chi connectivity index (χ1n) is 8.61. The van der Waals surface area contributed by atoms with E-state index in [0.717, 1.165) is 23.4 Å². The summed E-state index contributed by atoms with van der Waals surface area (Å²) in [7, 11) is 0. The number of amides is 1. The fourth-order valence-corrected chi connectivity index (χ4v) is 2.32. The Morgan fingerprint density at radius 1 is 1.12 bits per heavy atom. The normalized spacial score (nSPS) is 10.7. The van der Waals surface area contributed by atoms with Crippen LogP contribution in [0, 0.1) is 5.92 Å². The van der Waals surface area contributed by atoms with Gasteiger partial charge in [0.2, 0.25) is 5.91 Å². The highest BCUT2D eigenvalue weighted by Crippen LogP contribution is 2.16. The van der Waals surface area contributed by atoms with E-state index in [2.05, 4.69) is 24.5 Å². The molecule has 4 nitrogen and oxygen atoms in total. The second-order valence-corrected chi connectivity index (χ2v) is 6.65. The highest BCUT2D eigenvalue weighted by Gasteiger charge is 2.02. The third kappa shape index (κ3) is 7.49. The highest BCUT2D eigenvalue weighted by molar-refractivity contribution is 7.80. The van der Waals surface area contributed by atoms with Crippen LogP contribution in [0.4, 0.5) is 5.69 Å². The Bertz CT molecular complexity index is 740. The SMILES string of the molecule is CC(C)CCOc1ccc(NC(=S)NC(=O)/C=C/c2ccccc2)cc1. The average molecular weight is 369 g/mol. The number of carbonyl (C=O) groups excluding carboxylic acids is 1. The van der Waals surface area contributed by atoms with Gasteiger partial charge in [-0.25, -0.2) is 0 Å². The molecule has 2 aromatic rings. The number of rotatable bonds is 7. The predicted molar refractivity (Wildman–Crippen MR) is 111 cm³/mol. The monoisotopic (exact) mass is 368 g/mol. The largest absolute Gasteiger partial charge is 0.494 e. The van der Waals surface area contributed by atoms with E-state index in [1.54, 1.807) is 6.08 Å². The van der Waals surface area contributed by atoms with Crippen LogP contribution < -0.4 is 15.4 Å². The molecule has 2 rings (SSSR count). The summed E-state index contributed by atoms with van der Waals surface area (Å²) in [5.41, 5.74) is 1.74. The average Bonchev–Trinajstić information content (AvgIpc) is 2.62. The van der Waals surface area contributed by atoms with Gasteiger partial charge >= 0.3 is 0 Å². The number of hydrogen-bond donors (Lipinski definition) is 2. The highest BCUT2D eigenvalue weighted by atomic mass is 32.1. The number of benzene rings is 2. The van der Waals surface area contributed by atoms with Gasteiger partial charge in [0.05, 0.1) is 6.61 Å². The molecule has 0 aliphatic carbocycles. The minimum absolute atomic E-state index is 0.251. The molecule has 2 N–H and O–H groups in total. The first kappa shape index (κ1) is 19.7. The first-order chi connectivity index (χ1) is 12.5. The minimum Gasteiger partial charge on any atom is -0.494 e. The summed E-state index contributed by atoms with van der Waals surface area (Å²) in [6.45, 7) is 5.04. The molecule has 0 aliphatic heterocycles. The van der Waals surface area contributed by atoms with Crippen LogP contribution in [0.15, 0.2) is 60.7 Å². The van der Waals surface area contributed by atoms with Gasteiger partial charge in [0.1, 0.15) is 5.75 Å². The number of anilines is 1. The van der Waals surface area contributed by atoms with Crippen LogP contribution >= 0.6 is 12.2 Å². The van der Waals surface area contributed by atoms with Crippen LogP contribution in [-0.2, 0) is 4.79 Å². The fourth-order valence-electron chi connectivity index (χ4n) is 2.10. The van der Waals surface area contributed by atoms with Crippen molar-refractivity contribution in [3.05, 3.63) is 66.2 Å². The van der Waals surface area contributed by atoms with Crippen LogP contribution in [0.3, 0.4) is 0 Å². The zero-order valence-electron chi connectivity index (χ0n) is 15.1. The molecule has 0 fully saturated rings. The van der Waals surface area contributed by atoms with Crippen molar-refractivity contribution in [1.82, 2.24) is 5.32 Å². The lowest BCUT2D eigenvalue weighted by molar-refractivity contribution is -0.115. The summed E-state index contributed by atoms with van der Waals surface area (Å²) in [5, 5.41) is 5.86. The maximum absolute atomic E-state index is 11.9. The Hall–Kier alpha value is -2.66. The van der Waals surface area contributed by atoms with Crippen molar-refractivity contribution in [2.24, 2.45) is 5.92 Å². The molecule has 136 valence electrons. The van der Waals surface area contributed by atoms with Crippen LogP contribution in [0.2, 0.25) is 0 Å². The number of carbonyl (C=O) groups is 1. The molecule has 26 heavy (non-hydrogen) atoms. The van der Waals surface area contributed by atoms with Crippen molar-refractivity contribution in [3.63, 3.8) is 0 Å². The number of ether oxygens (including phenoxy) is 1. The molecule has 0 heterocycles. The van der Waals surface area contributed by atoms with E-state index in [4.69, 9.17) is 17.0 Å². The van der Waals surface area contributed by atoms with E-state index in [-0.39, 0.29) is 11.0 Å². The van der Waals surface area contributed by atoms with E-state index in [1.807, 2.05) is 54.6 Å². The smallest absolute Gasteiger partial charge is 0.250 e. The maximum Gasteiger partial charge on any atom is 0.250 e. The molecule has 0 aliphatic rings. The van der Waals surface area contributed by atoms with Crippen molar-refractivity contribution in [3.8, 4) is 5.75 Å². The molecule has 0 spiro atoms. The van der Waals surface area contributed by atoms with Crippen molar-refractivity contribution >= 4 is 35.0 Å². The van der Waals surface area contributed by atoms with Gasteiger partial charge in [0.25, 0.3) is 0 Å². The van der Waals surface area contributed by atoms with Crippen molar-refractivity contribution in [2.45, 2.75) is 20.3 Å². The second kappa shape index (κ2) is 10.4. The molecule has 0 bridgehead atoms. The Morgan fingerprint density at radius 2 is 1.81 bits per heavy atom. The third-order valence-electron chi connectivity index (χ3n) is 3.54. The topological polar surface area (TPSA) is 50.4 Å². The van der Waals surface area contributed by atoms with E-state index in [1.165, 1.54) is 6.08 Å². The van der Waals surface area contributed by atoms with E-state index in [0.29, 0.717) is 12.5 Å². The first-order valence-corrected chi connectivity index (χ1v) is 9.01. The van der Waals surface area contributed by atoms with Crippen LogP contribution in [0.1, 0.15) is 25.8 Å². The van der Waals surface area contributed by atoms with Gasteiger partial charge in [0, 0.05) is 11.8 Å². The minimum atomic E-state index is -0.278. The Morgan fingerprint density at radius 3 is 2.46 bits per heavy atom. The zero-order valence-corrected chi connectivity index (χ0v) is 15.9. The van der Waals surface area contributed by atoms with Crippen molar-refractivity contribution < 1.29 is 9.53 Å². The third-order valence-corrected chi connectivity index (χ3v) is 3.74. The molecule has 5 heteroatoms. The lowest BCUT2D eigenvalue weighted by atomic mass is 10.1. The number of nitrogens with one attached hydrogen (secondary N) is 2. The van der Waals surface area contributed by atoms with Gasteiger partial charge < -0.3 is 10.1 Å². The Balaban J connectivity index is 1.78. The van der Waals surface area contributed by atoms with Crippen molar-refractivity contribution in [2.75, 3.05) is 11.9 Å². The molecular formula is C21H24N2O2S. The Kier molecular flexibility index (Phi) is 7.83. The van der Waals surface area contributed by atoms with E-state index in [9.17, 15) is 4.79 Å². The quantitative estimate of drug-likeness (QED) is 0.552. The van der Waals surface area contributed by atoms with E-state index >= 15 is 0 Å². The van der Waals surface area contributed by atoms with Crippen molar-refractivity contribution in [1.29, 1.82) is 0 Å². The molecule has 0 saturated carbocycles. The summed E-state index contributed by atoms with van der Waals surface area (Å²) in [6.07, 6.45) is 4.21. The lowest BCUT2D eigenvalue weighted by Gasteiger charge is -2.10. The zero-order chi connectivity index (χ0) is 18.8. The van der Waals surface area contributed by atoms with Gasteiger partial charge in [-0.15, -0.1) is 0 Å². The number of hydrogen-bond acceptors (Lipinski definition) is 3. The molecule has 1 amide bonds. The summed E-state index contributed by atoms with van der Waals surface area (Å²) >= 11 is 5.17. The summed E-state index contributed by atoms with van der Waals surface area (Å²) in [6, 6.07) is 17.1. The molecular weight excluding hydrogens is 344 g/mol. The molecule has 0 aromatic heterocycles. The summed E-state index contributed by atoms with van der Waals surface area (Å²) in [4.78, 5) is 11.9. The van der Waals surface area contributed by atoms with Crippen LogP contribution in [-0.4, -0.2) is 17.6 Å². The summed E-state index contributed by atoms with van der Waals surface area (Å²) in [5.74, 6) is 1.16. The van der Waals surface area contributed by atoms with Crippen LogP contribution in [0.25, 0.3) is 6.08 Å².